The average molecular weight is 278 g/mol. The van der Waals surface area contributed by atoms with E-state index in [0.29, 0.717) is 25.2 Å². The van der Waals surface area contributed by atoms with Crippen LogP contribution >= 0.6 is 0 Å². The van der Waals surface area contributed by atoms with Crippen molar-refractivity contribution in [1.29, 1.82) is 0 Å². The standard InChI is InChI=1S/C16H26N2O2/c1-11(2)12(3)18(4)10-14(17)13-5-6-15-16(9-13)20-8-7-19-15/h5-6,9,11-12,14H,7-8,10,17H2,1-4H3. The first kappa shape index (κ1) is 15.1. The van der Waals surface area contributed by atoms with Crippen molar-refractivity contribution < 1.29 is 9.47 Å². The zero-order valence-corrected chi connectivity index (χ0v) is 12.9. The minimum absolute atomic E-state index is 0.0166. The normalized spacial score (nSPS) is 17.4. The highest BCUT2D eigenvalue weighted by atomic mass is 16.6. The number of hydrogen-bond donors (Lipinski definition) is 1. The molecule has 0 fully saturated rings. The van der Waals surface area contributed by atoms with Crippen LogP contribution in [-0.2, 0) is 0 Å². The molecule has 0 bridgehead atoms. The van der Waals surface area contributed by atoms with E-state index in [1.807, 2.05) is 18.2 Å². The molecule has 0 amide bonds. The van der Waals surface area contributed by atoms with Crippen molar-refractivity contribution in [2.45, 2.75) is 32.9 Å². The molecular formula is C16H26N2O2. The molecule has 2 unspecified atom stereocenters. The van der Waals surface area contributed by atoms with Gasteiger partial charge in [0.15, 0.2) is 11.5 Å². The molecule has 0 radical (unpaired) electrons. The fourth-order valence-electron chi connectivity index (χ4n) is 2.38. The van der Waals surface area contributed by atoms with E-state index in [1.54, 1.807) is 0 Å². The number of rotatable bonds is 5. The number of nitrogens with two attached hydrogens (primary N) is 1. The molecule has 0 saturated carbocycles. The fourth-order valence-corrected chi connectivity index (χ4v) is 2.38. The van der Waals surface area contributed by atoms with Crippen LogP contribution in [0.3, 0.4) is 0 Å². The van der Waals surface area contributed by atoms with Crippen molar-refractivity contribution in [3.8, 4) is 11.5 Å². The SMILES string of the molecule is CC(C)C(C)N(C)CC(N)c1ccc2c(c1)OCCO2. The smallest absolute Gasteiger partial charge is 0.161 e. The van der Waals surface area contributed by atoms with Crippen molar-refractivity contribution in [2.24, 2.45) is 11.7 Å². The van der Waals surface area contributed by atoms with E-state index >= 15 is 0 Å². The molecule has 0 aromatic heterocycles. The predicted octanol–water partition coefficient (Wildman–Crippen LogP) is 2.43. The zero-order chi connectivity index (χ0) is 14.7. The Morgan fingerprint density at radius 1 is 1.15 bits per heavy atom. The molecule has 0 aliphatic carbocycles. The lowest BCUT2D eigenvalue weighted by atomic mass is 10.0. The van der Waals surface area contributed by atoms with Gasteiger partial charge in [0.1, 0.15) is 13.2 Å². The summed E-state index contributed by atoms with van der Waals surface area (Å²) in [4.78, 5) is 2.31. The summed E-state index contributed by atoms with van der Waals surface area (Å²) >= 11 is 0. The van der Waals surface area contributed by atoms with Gasteiger partial charge in [-0.25, -0.2) is 0 Å². The van der Waals surface area contributed by atoms with Crippen molar-refractivity contribution in [3.63, 3.8) is 0 Å². The third kappa shape index (κ3) is 3.44. The van der Waals surface area contributed by atoms with Crippen LogP contribution in [0, 0.1) is 5.92 Å². The summed E-state index contributed by atoms with van der Waals surface area (Å²) in [6, 6.07) is 6.49. The minimum Gasteiger partial charge on any atom is -0.486 e. The Morgan fingerprint density at radius 3 is 2.45 bits per heavy atom. The Hall–Kier alpha value is -1.26. The summed E-state index contributed by atoms with van der Waals surface area (Å²) < 4.78 is 11.1. The van der Waals surface area contributed by atoms with Crippen molar-refractivity contribution in [1.82, 2.24) is 4.90 Å². The van der Waals surface area contributed by atoms with E-state index in [1.165, 1.54) is 0 Å². The van der Waals surface area contributed by atoms with E-state index in [0.717, 1.165) is 23.6 Å². The monoisotopic (exact) mass is 278 g/mol. The molecule has 0 saturated heterocycles. The third-order valence-corrected chi connectivity index (χ3v) is 4.14. The third-order valence-electron chi connectivity index (χ3n) is 4.14. The zero-order valence-electron chi connectivity index (χ0n) is 12.9. The van der Waals surface area contributed by atoms with Gasteiger partial charge in [0.2, 0.25) is 0 Å². The number of fused-ring (bicyclic) bond motifs is 1. The summed E-state index contributed by atoms with van der Waals surface area (Å²) in [5.41, 5.74) is 7.42. The van der Waals surface area contributed by atoms with Gasteiger partial charge >= 0.3 is 0 Å². The van der Waals surface area contributed by atoms with Crippen molar-refractivity contribution >= 4 is 0 Å². The Morgan fingerprint density at radius 2 is 1.80 bits per heavy atom. The van der Waals surface area contributed by atoms with E-state index in [-0.39, 0.29) is 6.04 Å². The van der Waals surface area contributed by atoms with Gasteiger partial charge in [0.25, 0.3) is 0 Å². The summed E-state index contributed by atoms with van der Waals surface area (Å²) in [7, 11) is 2.13. The van der Waals surface area contributed by atoms with E-state index in [2.05, 4.69) is 32.7 Å². The Labute approximate surface area is 121 Å². The molecule has 1 aliphatic heterocycles. The summed E-state index contributed by atoms with van der Waals surface area (Å²) in [5, 5.41) is 0. The first-order valence-electron chi connectivity index (χ1n) is 7.34. The second kappa shape index (κ2) is 6.46. The lowest BCUT2D eigenvalue weighted by molar-refractivity contribution is 0.170. The second-order valence-corrected chi connectivity index (χ2v) is 5.93. The van der Waals surface area contributed by atoms with Crippen LogP contribution in [-0.4, -0.2) is 37.7 Å². The molecular weight excluding hydrogens is 252 g/mol. The van der Waals surface area contributed by atoms with Crippen LogP contribution < -0.4 is 15.2 Å². The quantitative estimate of drug-likeness (QED) is 0.898. The van der Waals surface area contributed by atoms with Crippen molar-refractivity contribution in [2.75, 3.05) is 26.8 Å². The van der Waals surface area contributed by atoms with Gasteiger partial charge in [-0.05, 0) is 37.6 Å². The largest absolute Gasteiger partial charge is 0.486 e. The van der Waals surface area contributed by atoms with Crippen LogP contribution in [0.1, 0.15) is 32.4 Å². The van der Waals surface area contributed by atoms with Crippen LogP contribution in [0.25, 0.3) is 0 Å². The topological polar surface area (TPSA) is 47.7 Å². The molecule has 112 valence electrons. The molecule has 4 nitrogen and oxygen atoms in total. The first-order valence-corrected chi connectivity index (χ1v) is 7.34. The second-order valence-electron chi connectivity index (χ2n) is 5.93. The lowest BCUT2D eigenvalue weighted by Crippen LogP contribution is -2.38. The van der Waals surface area contributed by atoms with Gasteiger partial charge in [0.05, 0.1) is 0 Å². The molecule has 4 heteroatoms. The molecule has 2 rings (SSSR count). The van der Waals surface area contributed by atoms with Crippen LogP contribution in [0.2, 0.25) is 0 Å². The Bertz CT molecular complexity index is 448. The molecule has 1 aromatic rings. The van der Waals surface area contributed by atoms with Crippen molar-refractivity contribution in [3.05, 3.63) is 23.8 Å². The molecule has 1 heterocycles. The maximum Gasteiger partial charge on any atom is 0.161 e. The first-order chi connectivity index (χ1) is 9.49. The van der Waals surface area contributed by atoms with Crippen LogP contribution in [0.4, 0.5) is 0 Å². The lowest BCUT2D eigenvalue weighted by Gasteiger charge is -2.30. The number of ether oxygens (including phenoxy) is 2. The van der Waals surface area contributed by atoms with Gasteiger partial charge < -0.3 is 20.1 Å². The molecule has 2 N–H and O–H groups in total. The molecule has 0 spiro atoms. The maximum atomic E-state index is 6.33. The highest BCUT2D eigenvalue weighted by Crippen LogP contribution is 2.32. The Balaban J connectivity index is 2.04. The summed E-state index contributed by atoms with van der Waals surface area (Å²) in [6.07, 6.45) is 0. The van der Waals surface area contributed by atoms with E-state index in [4.69, 9.17) is 15.2 Å². The molecule has 2 atom stereocenters. The fraction of sp³-hybridized carbons (Fsp3) is 0.625. The van der Waals surface area contributed by atoms with Gasteiger partial charge in [-0.3, -0.25) is 0 Å². The number of likely N-dealkylation sites (N-methyl/N-ethyl adjacent to an activating group) is 1. The van der Waals surface area contributed by atoms with Gasteiger partial charge in [-0.1, -0.05) is 19.9 Å². The number of nitrogens with zero attached hydrogens (tertiary/aromatic N) is 1. The maximum absolute atomic E-state index is 6.33. The summed E-state index contributed by atoms with van der Waals surface area (Å²) in [5.74, 6) is 2.24. The van der Waals surface area contributed by atoms with Gasteiger partial charge in [-0.15, -0.1) is 0 Å². The predicted molar refractivity (Wildman–Crippen MR) is 81.3 cm³/mol. The minimum atomic E-state index is -0.0166. The van der Waals surface area contributed by atoms with Gasteiger partial charge in [0, 0.05) is 18.6 Å². The molecule has 1 aromatic carbocycles. The summed E-state index contributed by atoms with van der Waals surface area (Å²) in [6.45, 7) is 8.76. The number of hydrogen-bond acceptors (Lipinski definition) is 4. The number of benzene rings is 1. The Kier molecular flexibility index (Phi) is 4.89. The van der Waals surface area contributed by atoms with E-state index < -0.39 is 0 Å². The average Bonchev–Trinajstić information content (AvgIpc) is 2.45. The molecule has 20 heavy (non-hydrogen) atoms. The van der Waals surface area contributed by atoms with E-state index in [9.17, 15) is 0 Å². The highest BCUT2D eigenvalue weighted by molar-refractivity contribution is 5.44. The highest BCUT2D eigenvalue weighted by Gasteiger charge is 2.19. The molecule has 1 aliphatic rings. The van der Waals surface area contributed by atoms with Crippen LogP contribution in [0.5, 0.6) is 11.5 Å². The van der Waals surface area contributed by atoms with Gasteiger partial charge in [-0.2, -0.15) is 0 Å². The van der Waals surface area contributed by atoms with Crippen LogP contribution in [0.15, 0.2) is 18.2 Å².